The van der Waals surface area contributed by atoms with Crippen LogP contribution < -0.4 is 4.65 Å². The van der Waals surface area contributed by atoms with E-state index in [2.05, 4.69) is 4.74 Å². The van der Waals surface area contributed by atoms with Gasteiger partial charge < -0.3 is 19.2 Å². The second-order valence-electron chi connectivity index (χ2n) is 6.94. The van der Waals surface area contributed by atoms with E-state index in [1.54, 1.807) is 12.1 Å². The summed E-state index contributed by atoms with van der Waals surface area (Å²) in [5.74, 6) is -2.42. The van der Waals surface area contributed by atoms with E-state index in [0.29, 0.717) is 24.8 Å². The highest BCUT2D eigenvalue weighted by molar-refractivity contribution is 6.47. The van der Waals surface area contributed by atoms with Gasteiger partial charge in [-0.1, -0.05) is 19.1 Å². The SMILES string of the molecule is CCCC(=O)C[C@H]1Cc2cccc(C(=O)OCOC(=O)CCC(F)(F)F)c2OB1O. The van der Waals surface area contributed by atoms with Crippen molar-refractivity contribution in [1.29, 1.82) is 0 Å². The lowest BCUT2D eigenvalue weighted by molar-refractivity contribution is -0.163. The molecule has 0 saturated carbocycles. The number of benzene rings is 1. The molecule has 7 nitrogen and oxygen atoms in total. The molecule has 1 aromatic rings. The van der Waals surface area contributed by atoms with Crippen molar-refractivity contribution in [3.05, 3.63) is 29.3 Å². The van der Waals surface area contributed by atoms with Crippen LogP contribution in [0.3, 0.4) is 0 Å². The molecule has 1 atom stereocenters. The fourth-order valence-corrected chi connectivity index (χ4v) is 3.03. The maximum atomic E-state index is 12.3. The van der Waals surface area contributed by atoms with Gasteiger partial charge in [-0.3, -0.25) is 9.59 Å². The lowest BCUT2D eigenvalue weighted by Crippen LogP contribution is -2.36. The average molecular weight is 430 g/mol. The molecule has 11 heteroatoms. The van der Waals surface area contributed by atoms with Gasteiger partial charge in [-0.2, -0.15) is 13.2 Å². The Morgan fingerprint density at radius 1 is 1.23 bits per heavy atom. The first kappa shape index (κ1) is 23.7. The summed E-state index contributed by atoms with van der Waals surface area (Å²) in [5, 5.41) is 10.2. The van der Waals surface area contributed by atoms with Gasteiger partial charge >= 0.3 is 25.2 Å². The molecular weight excluding hydrogens is 408 g/mol. The summed E-state index contributed by atoms with van der Waals surface area (Å²) in [6.45, 7) is 1.03. The molecule has 1 N–H and O–H groups in total. The number of hydrogen-bond donors (Lipinski definition) is 1. The first-order chi connectivity index (χ1) is 14.1. The topological polar surface area (TPSA) is 99.1 Å². The van der Waals surface area contributed by atoms with E-state index in [1.165, 1.54) is 6.07 Å². The molecule has 0 bridgehead atoms. The maximum absolute atomic E-state index is 12.3. The molecule has 1 heterocycles. The first-order valence-corrected chi connectivity index (χ1v) is 9.48. The van der Waals surface area contributed by atoms with Gasteiger partial charge in [0.05, 0.1) is 12.8 Å². The number of ether oxygens (including phenoxy) is 2. The summed E-state index contributed by atoms with van der Waals surface area (Å²) in [6.07, 6.45) is -5.12. The number of ketones is 1. The third kappa shape index (κ3) is 7.05. The molecule has 0 saturated heterocycles. The molecule has 0 unspecified atom stereocenters. The number of rotatable bonds is 9. The number of halogens is 3. The van der Waals surface area contributed by atoms with E-state index in [1.807, 2.05) is 6.92 Å². The maximum Gasteiger partial charge on any atom is 0.526 e. The zero-order chi connectivity index (χ0) is 22.3. The third-order valence-corrected chi connectivity index (χ3v) is 4.48. The molecule has 0 spiro atoms. The van der Waals surface area contributed by atoms with Gasteiger partial charge in [0.15, 0.2) is 0 Å². The van der Waals surface area contributed by atoms with E-state index >= 15 is 0 Å². The Balaban J connectivity index is 1.94. The number of carbonyl (C=O) groups excluding carboxylic acids is 3. The number of para-hydroxylation sites is 1. The van der Waals surface area contributed by atoms with Crippen LogP contribution in [0.2, 0.25) is 5.82 Å². The van der Waals surface area contributed by atoms with Crippen LogP contribution in [-0.4, -0.2) is 42.8 Å². The van der Waals surface area contributed by atoms with Gasteiger partial charge in [0, 0.05) is 18.7 Å². The molecule has 0 amide bonds. The zero-order valence-corrected chi connectivity index (χ0v) is 16.4. The van der Waals surface area contributed by atoms with E-state index < -0.39 is 50.7 Å². The number of fused-ring (bicyclic) bond motifs is 1. The van der Waals surface area contributed by atoms with Crippen LogP contribution in [0.5, 0.6) is 5.75 Å². The molecule has 1 aliphatic heterocycles. The molecule has 30 heavy (non-hydrogen) atoms. The van der Waals surface area contributed by atoms with E-state index in [0.717, 1.165) is 0 Å². The molecule has 0 aliphatic carbocycles. The molecule has 0 aromatic heterocycles. The quantitative estimate of drug-likeness (QED) is 0.365. The second kappa shape index (κ2) is 10.5. The lowest BCUT2D eigenvalue weighted by Gasteiger charge is -2.28. The molecule has 0 fully saturated rings. The van der Waals surface area contributed by atoms with E-state index in [-0.39, 0.29) is 23.5 Å². The second-order valence-corrected chi connectivity index (χ2v) is 6.94. The van der Waals surface area contributed by atoms with Gasteiger partial charge in [0.1, 0.15) is 17.1 Å². The van der Waals surface area contributed by atoms with Crippen LogP contribution in [0.15, 0.2) is 18.2 Å². The molecule has 1 aromatic carbocycles. The third-order valence-electron chi connectivity index (χ3n) is 4.48. The summed E-state index contributed by atoms with van der Waals surface area (Å²) in [5.41, 5.74) is 0.572. The van der Waals surface area contributed by atoms with Crippen LogP contribution in [0, 0.1) is 0 Å². The van der Waals surface area contributed by atoms with Crippen LogP contribution in [0.25, 0.3) is 0 Å². The Kier molecular flexibility index (Phi) is 8.28. The van der Waals surface area contributed by atoms with E-state index in [4.69, 9.17) is 9.39 Å². The number of carbonyl (C=O) groups is 3. The fraction of sp³-hybridized carbons (Fsp3) is 0.526. The van der Waals surface area contributed by atoms with Gasteiger partial charge in [-0.25, -0.2) is 4.79 Å². The van der Waals surface area contributed by atoms with Crippen molar-refractivity contribution in [2.24, 2.45) is 0 Å². The Labute approximate surface area is 171 Å². The van der Waals surface area contributed by atoms with Crippen molar-refractivity contribution < 1.29 is 46.7 Å². The van der Waals surface area contributed by atoms with Crippen LogP contribution >= 0.6 is 0 Å². The molecule has 164 valence electrons. The lowest BCUT2D eigenvalue weighted by atomic mass is 9.64. The molecule has 0 radical (unpaired) electrons. The van der Waals surface area contributed by atoms with Crippen LogP contribution in [0.4, 0.5) is 13.2 Å². The summed E-state index contributed by atoms with van der Waals surface area (Å²) in [4.78, 5) is 35.4. The highest BCUT2D eigenvalue weighted by atomic mass is 19.4. The van der Waals surface area contributed by atoms with Crippen molar-refractivity contribution >= 4 is 24.8 Å². The summed E-state index contributed by atoms with van der Waals surface area (Å²) in [7, 11) is -1.28. The predicted molar refractivity (Wildman–Crippen MR) is 98.7 cm³/mol. The number of alkyl halides is 3. The van der Waals surface area contributed by atoms with Crippen LogP contribution in [0.1, 0.15) is 54.9 Å². The van der Waals surface area contributed by atoms with Gasteiger partial charge in [0.2, 0.25) is 6.79 Å². The highest BCUT2D eigenvalue weighted by Crippen LogP contribution is 2.36. The summed E-state index contributed by atoms with van der Waals surface area (Å²) in [6, 6.07) is 4.63. The standard InChI is InChI=1S/C19H22BF3O7/c1-2-4-14(24)10-13-9-12-5-3-6-15(17(12)30-20(13)27)18(26)29-11-28-16(25)7-8-19(21,22)23/h3,5-6,13,27H,2,4,7-11H2,1H3/t13-/m1/s1. The van der Waals surface area contributed by atoms with Crippen molar-refractivity contribution in [3.8, 4) is 5.75 Å². The molecule has 1 aliphatic rings. The Bertz CT molecular complexity index is 782. The largest absolute Gasteiger partial charge is 0.535 e. The Hall–Kier alpha value is -2.56. The number of hydrogen-bond acceptors (Lipinski definition) is 7. The minimum absolute atomic E-state index is 0.0107. The monoisotopic (exact) mass is 430 g/mol. The zero-order valence-electron chi connectivity index (χ0n) is 16.4. The Morgan fingerprint density at radius 2 is 1.97 bits per heavy atom. The Morgan fingerprint density at radius 3 is 2.63 bits per heavy atom. The van der Waals surface area contributed by atoms with Gasteiger partial charge in [-0.05, 0) is 24.5 Å². The first-order valence-electron chi connectivity index (χ1n) is 9.48. The smallest absolute Gasteiger partial charge is 0.526 e. The highest BCUT2D eigenvalue weighted by Gasteiger charge is 2.37. The van der Waals surface area contributed by atoms with Crippen molar-refractivity contribution in [2.75, 3.05) is 6.79 Å². The fourth-order valence-electron chi connectivity index (χ4n) is 3.03. The minimum atomic E-state index is -4.49. The summed E-state index contributed by atoms with van der Waals surface area (Å²) < 4.78 is 50.9. The summed E-state index contributed by atoms with van der Waals surface area (Å²) >= 11 is 0. The average Bonchev–Trinajstić information content (AvgIpc) is 2.66. The number of esters is 2. The normalized spacial score (nSPS) is 15.8. The molecular formula is C19H22BF3O7. The molecule has 2 rings (SSSR count). The predicted octanol–water partition coefficient (Wildman–Crippen LogP) is 3.23. The van der Waals surface area contributed by atoms with Crippen LogP contribution in [-0.2, 0) is 25.5 Å². The van der Waals surface area contributed by atoms with Crippen molar-refractivity contribution in [3.63, 3.8) is 0 Å². The van der Waals surface area contributed by atoms with Crippen molar-refractivity contribution in [2.45, 2.75) is 57.4 Å². The van der Waals surface area contributed by atoms with Crippen molar-refractivity contribution in [1.82, 2.24) is 0 Å². The van der Waals surface area contributed by atoms with Gasteiger partial charge in [0.25, 0.3) is 0 Å². The van der Waals surface area contributed by atoms with E-state index in [9.17, 15) is 32.6 Å². The minimum Gasteiger partial charge on any atom is -0.535 e. The number of Topliss-reactive ketones (excluding diaryl/α,β-unsaturated/α-hetero) is 1. The van der Waals surface area contributed by atoms with Gasteiger partial charge in [-0.15, -0.1) is 0 Å².